The van der Waals surface area contributed by atoms with Crippen LogP contribution >= 0.6 is 0 Å². The SMILES string of the molecule is C=Cc1ccccc1.CCCCCCCCCCCCCCCC. The molecular weight excluding hydrogens is 288 g/mol. The summed E-state index contributed by atoms with van der Waals surface area (Å²) in [6.45, 7) is 8.21. The average molecular weight is 331 g/mol. The van der Waals surface area contributed by atoms with Crippen molar-refractivity contribution in [1.29, 1.82) is 0 Å². The molecule has 0 aliphatic rings. The fourth-order valence-corrected chi connectivity index (χ4v) is 2.86. The van der Waals surface area contributed by atoms with E-state index in [1.165, 1.54) is 95.5 Å². The van der Waals surface area contributed by atoms with Crippen molar-refractivity contribution < 1.29 is 0 Å². The third-order valence-corrected chi connectivity index (χ3v) is 4.49. The zero-order valence-corrected chi connectivity index (χ0v) is 16.6. The summed E-state index contributed by atoms with van der Waals surface area (Å²) in [6, 6.07) is 10.0. The number of hydrogen-bond acceptors (Lipinski definition) is 0. The molecular formula is C24H42. The van der Waals surface area contributed by atoms with Gasteiger partial charge < -0.3 is 0 Å². The topological polar surface area (TPSA) is 0 Å². The second-order valence-corrected chi connectivity index (χ2v) is 6.86. The van der Waals surface area contributed by atoms with Gasteiger partial charge in [-0.2, -0.15) is 0 Å². The van der Waals surface area contributed by atoms with Crippen LogP contribution in [-0.2, 0) is 0 Å². The lowest BCUT2D eigenvalue weighted by atomic mass is 10.0. The molecule has 0 radical (unpaired) electrons. The smallest absolute Gasteiger partial charge is 0.0263 e. The quantitative estimate of drug-likeness (QED) is 0.299. The van der Waals surface area contributed by atoms with Gasteiger partial charge in [0.2, 0.25) is 0 Å². The molecule has 0 spiro atoms. The summed E-state index contributed by atoms with van der Waals surface area (Å²) >= 11 is 0. The average Bonchev–Trinajstić information content (AvgIpc) is 2.64. The first-order valence-electron chi connectivity index (χ1n) is 10.5. The van der Waals surface area contributed by atoms with E-state index in [4.69, 9.17) is 0 Å². The molecule has 0 amide bonds. The van der Waals surface area contributed by atoms with Crippen LogP contribution in [-0.4, -0.2) is 0 Å². The maximum Gasteiger partial charge on any atom is -0.0263 e. The summed E-state index contributed by atoms with van der Waals surface area (Å²) in [5.74, 6) is 0. The predicted octanol–water partition coefficient (Wildman–Crippen LogP) is 8.82. The molecule has 0 aromatic heterocycles. The molecule has 1 aromatic carbocycles. The van der Waals surface area contributed by atoms with Gasteiger partial charge in [-0.3, -0.25) is 0 Å². The third-order valence-electron chi connectivity index (χ3n) is 4.49. The molecule has 0 heteroatoms. The van der Waals surface area contributed by atoms with E-state index in [2.05, 4.69) is 20.4 Å². The van der Waals surface area contributed by atoms with E-state index in [1.807, 2.05) is 36.4 Å². The van der Waals surface area contributed by atoms with Crippen LogP contribution < -0.4 is 0 Å². The lowest BCUT2D eigenvalue weighted by Gasteiger charge is -2.02. The first kappa shape index (κ1) is 23.0. The van der Waals surface area contributed by atoms with E-state index in [0.29, 0.717) is 0 Å². The molecule has 1 aromatic rings. The lowest BCUT2D eigenvalue weighted by molar-refractivity contribution is 0.538. The number of benzene rings is 1. The van der Waals surface area contributed by atoms with Gasteiger partial charge in [0.1, 0.15) is 0 Å². The molecule has 0 bridgehead atoms. The van der Waals surface area contributed by atoms with Crippen molar-refractivity contribution in [1.82, 2.24) is 0 Å². The number of unbranched alkanes of at least 4 members (excludes halogenated alkanes) is 13. The first-order chi connectivity index (χ1) is 11.8. The highest BCUT2D eigenvalue weighted by atomic mass is 14.0. The van der Waals surface area contributed by atoms with Crippen LogP contribution in [0.4, 0.5) is 0 Å². The van der Waals surface area contributed by atoms with E-state index in [0.717, 1.165) is 0 Å². The standard InChI is InChI=1S/C16H34.C8H8/c1-3-5-7-9-11-13-15-16-14-12-10-8-6-4-2;1-2-8-6-4-3-5-7-8/h3-16H2,1-2H3;2-7H,1H2. The van der Waals surface area contributed by atoms with E-state index in [-0.39, 0.29) is 0 Å². The van der Waals surface area contributed by atoms with Gasteiger partial charge in [-0.25, -0.2) is 0 Å². The summed E-state index contributed by atoms with van der Waals surface area (Å²) in [7, 11) is 0. The number of rotatable bonds is 14. The Hall–Kier alpha value is -1.04. The fourth-order valence-electron chi connectivity index (χ4n) is 2.86. The number of hydrogen-bond donors (Lipinski definition) is 0. The Morgan fingerprint density at radius 3 is 1.17 bits per heavy atom. The maximum absolute atomic E-state index is 3.63. The van der Waals surface area contributed by atoms with Gasteiger partial charge in [0.15, 0.2) is 0 Å². The highest BCUT2D eigenvalue weighted by molar-refractivity contribution is 5.45. The van der Waals surface area contributed by atoms with Crippen molar-refractivity contribution in [2.45, 2.75) is 104 Å². The summed E-state index contributed by atoms with van der Waals surface area (Å²) in [5.41, 5.74) is 1.17. The van der Waals surface area contributed by atoms with Crippen molar-refractivity contribution in [2.24, 2.45) is 0 Å². The van der Waals surface area contributed by atoms with Crippen LogP contribution in [0, 0.1) is 0 Å². The third kappa shape index (κ3) is 17.3. The molecule has 0 heterocycles. The van der Waals surface area contributed by atoms with Crippen LogP contribution in [0.1, 0.15) is 109 Å². The van der Waals surface area contributed by atoms with Gasteiger partial charge in [-0.1, -0.05) is 147 Å². The van der Waals surface area contributed by atoms with Crippen molar-refractivity contribution in [3.8, 4) is 0 Å². The highest BCUT2D eigenvalue weighted by Gasteiger charge is 1.92. The normalized spacial score (nSPS) is 10.1. The molecule has 0 N–H and O–H groups in total. The molecule has 0 atom stereocenters. The largest absolute Gasteiger partial charge is 0.0985 e. The Bertz CT molecular complexity index is 324. The summed E-state index contributed by atoms with van der Waals surface area (Å²) in [5, 5.41) is 0. The molecule has 0 fully saturated rings. The van der Waals surface area contributed by atoms with E-state index >= 15 is 0 Å². The van der Waals surface area contributed by atoms with Crippen molar-refractivity contribution >= 4 is 6.08 Å². The van der Waals surface area contributed by atoms with Crippen molar-refractivity contribution in [3.05, 3.63) is 42.5 Å². The molecule has 0 aliphatic heterocycles. The highest BCUT2D eigenvalue weighted by Crippen LogP contribution is 2.12. The zero-order chi connectivity index (χ0) is 17.7. The van der Waals surface area contributed by atoms with Gasteiger partial charge in [0.25, 0.3) is 0 Å². The summed E-state index contributed by atoms with van der Waals surface area (Å²) < 4.78 is 0. The van der Waals surface area contributed by atoms with E-state index in [1.54, 1.807) is 0 Å². The Balaban J connectivity index is 0.000000546. The molecule has 0 aliphatic carbocycles. The molecule has 24 heavy (non-hydrogen) atoms. The van der Waals surface area contributed by atoms with Gasteiger partial charge in [0.05, 0.1) is 0 Å². The van der Waals surface area contributed by atoms with Crippen LogP contribution in [0.2, 0.25) is 0 Å². The molecule has 0 saturated carbocycles. The maximum atomic E-state index is 3.63. The van der Waals surface area contributed by atoms with Gasteiger partial charge in [0, 0.05) is 0 Å². The van der Waals surface area contributed by atoms with Crippen molar-refractivity contribution in [2.75, 3.05) is 0 Å². The monoisotopic (exact) mass is 330 g/mol. The summed E-state index contributed by atoms with van der Waals surface area (Å²) in [6.07, 6.45) is 22.3. The molecule has 0 nitrogen and oxygen atoms in total. The Morgan fingerprint density at radius 1 is 0.583 bits per heavy atom. The van der Waals surface area contributed by atoms with Crippen LogP contribution in [0.25, 0.3) is 6.08 Å². The molecule has 0 unspecified atom stereocenters. The zero-order valence-electron chi connectivity index (χ0n) is 16.6. The molecule has 1 rings (SSSR count). The lowest BCUT2D eigenvalue weighted by Crippen LogP contribution is -1.82. The minimum absolute atomic E-state index is 1.17. The van der Waals surface area contributed by atoms with Crippen LogP contribution in [0.5, 0.6) is 0 Å². The minimum atomic E-state index is 1.17. The minimum Gasteiger partial charge on any atom is -0.0985 e. The van der Waals surface area contributed by atoms with Gasteiger partial charge in [-0.15, -0.1) is 0 Å². The Labute approximate surface area is 152 Å². The fraction of sp³-hybridized carbons (Fsp3) is 0.667. The van der Waals surface area contributed by atoms with Gasteiger partial charge in [-0.05, 0) is 5.56 Å². The van der Waals surface area contributed by atoms with Crippen LogP contribution in [0.15, 0.2) is 36.9 Å². The first-order valence-corrected chi connectivity index (χ1v) is 10.5. The van der Waals surface area contributed by atoms with Gasteiger partial charge >= 0.3 is 0 Å². The second-order valence-electron chi connectivity index (χ2n) is 6.86. The second kappa shape index (κ2) is 20.0. The Morgan fingerprint density at radius 2 is 0.917 bits per heavy atom. The van der Waals surface area contributed by atoms with Crippen molar-refractivity contribution in [3.63, 3.8) is 0 Å². The predicted molar refractivity (Wildman–Crippen MR) is 113 cm³/mol. The Kier molecular flexibility index (Phi) is 19.1. The molecule has 138 valence electrons. The summed E-state index contributed by atoms with van der Waals surface area (Å²) in [4.78, 5) is 0. The van der Waals surface area contributed by atoms with E-state index in [9.17, 15) is 0 Å². The molecule has 0 saturated heterocycles. The van der Waals surface area contributed by atoms with Crippen LogP contribution in [0.3, 0.4) is 0 Å². The van der Waals surface area contributed by atoms with E-state index < -0.39 is 0 Å².